The van der Waals surface area contributed by atoms with Crippen LogP contribution in [0.15, 0.2) is 30.3 Å². The molecule has 1 aromatic rings. The number of benzene rings is 1. The van der Waals surface area contributed by atoms with Crippen molar-refractivity contribution in [2.24, 2.45) is 5.92 Å². The molecule has 0 aromatic heterocycles. The summed E-state index contributed by atoms with van der Waals surface area (Å²) in [4.78, 5) is 29.0. The summed E-state index contributed by atoms with van der Waals surface area (Å²) in [5.74, 6) is 0.142. The summed E-state index contributed by atoms with van der Waals surface area (Å²) >= 11 is 0. The van der Waals surface area contributed by atoms with E-state index >= 15 is 0 Å². The van der Waals surface area contributed by atoms with Gasteiger partial charge in [-0.3, -0.25) is 9.59 Å². The number of nitrogens with zero attached hydrogens (tertiary/aromatic N) is 2. The number of hydrogen-bond donors (Lipinski definition) is 0. The first-order valence-corrected chi connectivity index (χ1v) is 8.81. The Labute approximate surface area is 138 Å². The zero-order valence-corrected chi connectivity index (χ0v) is 13.9. The van der Waals surface area contributed by atoms with Crippen LogP contribution in [-0.4, -0.2) is 40.7 Å². The monoisotopic (exact) mass is 314 g/mol. The molecule has 1 aliphatic carbocycles. The topological polar surface area (TPSA) is 40.6 Å². The van der Waals surface area contributed by atoms with Crippen LogP contribution in [0.1, 0.15) is 44.6 Å². The van der Waals surface area contributed by atoms with E-state index in [0.717, 1.165) is 18.4 Å². The van der Waals surface area contributed by atoms with Crippen molar-refractivity contribution in [2.75, 3.05) is 13.1 Å². The van der Waals surface area contributed by atoms with Gasteiger partial charge in [0.25, 0.3) is 0 Å². The number of carbonyl (C=O) groups excluding carboxylic acids is 2. The molecule has 1 aromatic carbocycles. The number of amides is 2. The Morgan fingerprint density at radius 1 is 1.22 bits per heavy atom. The molecular weight excluding hydrogens is 288 g/mol. The molecule has 124 valence electrons. The second-order valence-electron chi connectivity index (χ2n) is 6.72. The summed E-state index contributed by atoms with van der Waals surface area (Å²) in [6.45, 7) is 3.94. The third-order valence-corrected chi connectivity index (χ3v) is 5.18. The van der Waals surface area contributed by atoms with Crippen LogP contribution in [-0.2, 0) is 16.1 Å². The highest BCUT2D eigenvalue weighted by molar-refractivity contribution is 5.89. The van der Waals surface area contributed by atoms with Crippen LogP contribution in [0, 0.1) is 5.92 Å². The van der Waals surface area contributed by atoms with Gasteiger partial charge in [-0.2, -0.15) is 0 Å². The Balaban J connectivity index is 1.63. The van der Waals surface area contributed by atoms with E-state index in [4.69, 9.17) is 0 Å². The fraction of sp³-hybridized carbons (Fsp3) is 0.579. The normalized spacial score (nSPS) is 21.9. The van der Waals surface area contributed by atoms with Crippen LogP contribution in [0.5, 0.6) is 0 Å². The predicted octanol–water partition coefficient (Wildman–Crippen LogP) is 2.83. The van der Waals surface area contributed by atoms with Crippen LogP contribution < -0.4 is 0 Å². The minimum absolute atomic E-state index is 0.130. The molecule has 1 atom stereocenters. The zero-order valence-electron chi connectivity index (χ0n) is 13.9. The largest absolute Gasteiger partial charge is 0.339 e. The van der Waals surface area contributed by atoms with Gasteiger partial charge >= 0.3 is 0 Å². The van der Waals surface area contributed by atoms with Gasteiger partial charge in [0, 0.05) is 32.1 Å². The summed E-state index contributed by atoms with van der Waals surface area (Å²) in [5.41, 5.74) is 1.14. The fourth-order valence-corrected chi connectivity index (χ4v) is 3.87. The van der Waals surface area contributed by atoms with Gasteiger partial charge in [0.1, 0.15) is 0 Å². The van der Waals surface area contributed by atoms with Crippen LogP contribution in [0.4, 0.5) is 0 Å². The Bertz CT molecular complexity index is 552. The second kappa shape index (κ2) is 7.16. The summed E-state index contributed by atoms with van der Waals surface area (Å²) in [7, 11) is 0. The molecule has 0 N–H and O–H groups in total. The Morgan fingerprint density at radius 3 is 2.57 bits per heavy atom. The maximum absolute atomic E-state index is 12.8. The minimum atomic E-state index is -0.160. The van der Waals surface area contributed by atoms with E-state index in [1.54, 1.807) is 0 Å². The molecule has 0 unspecified atom stereocenters. The predicted molar refractivity (Wildman–Crippen MR) is 89.6 cm³/mol. The molecule has 1 aliphatic heterocycles. The second-order valence-corrected chi connectivity index (χ2v) is 6.72. The van der Waals surface area contributed by atoms with E-state index in [1.807, 2.05) is 47.1 Å². The summed E-state index contributed by atoms with van der Waals surface area (Å²) < 4.78 is 0. The highest BCUT2D eigenvalue weighted by Crippen LogP contribution is 2.30. The lowest BCUT2D eigenvalue weighted by Gasteiger charge is -2.26. The molecule has 4 nitrogen and oxygen atoms in total. The highest BCUT2D eigenvalue weighted by atomic mass is 16.2. The minimum Gasteiger partial charge on any atom is -0.339 e. The molecule has 0 bridgehead atoms. The molecule has 1 saturated heterocycles. The van der Waals surface area contributed by atoms with E-state index in [0.29, 0.717) is 32.1 Å². The highest BCUT2D eigenvalue weighted by Gasteiger charge is 2.39. The van der Waals surface area contributed by atoms with Crippen molar-refractivity contribution in [3.63, 3.8) is 0 Å². The third kappa shape index (κ3) is 3.57. The van der Waals surface area contributed by atoms with E-state index < -0.39 is 0 Å². The lowest BCUT2D eigenvalue weighted by molar-refractivity contribution is -0.136. The standard InChI is InChI=1S/C19H26N2O2/c1-2-20(13-15-8-4-3-5-9-15)19(23)16-12-18(22)21(14-16)17-10-6-7-11-17/h3-5,8-9,16-17H,2,6-7,10-14H2,1H3/t16-/m1/s1. The van der Waals surface area contributed by atoms with Gasteiger partial charge in [-0.25, -0.2) is 0 Å². The number of likely N-dealkylation sites (tertiary alicyclic amines) is 1. The number of hydrogen-bond acceptors (Lipinski definition) is 2. The van der Waals surface area contributed by atoms with Crippen molar-refractivity contribution < 1.29 is 9.59 Å². The van der Waals surface area contributed by atoms with E-state index in [9.17, 15) is 9.59 Å². The van der Waals surface area contributed by atoms with Crippen molar-refractivity contribution in [3.05, 3.63) is 35.9 Å². The lowest BCUT2D eigenvalue weighted by Crippen LogP contribution is -2.38. The van der Waals surface area contributed by atoms with E-state index in [-0.39, 0.29) is 17.7 Å². The van der Waals surface area contributed by atoms with Gasteiger partial charge in [0.15, 0.2) is 0 Å². The molecular formula is C19H26N2O2. The smallest absolute Gasteiger partial charge is 0.228 e. The van der Waals surface area contributed by atoms with E-state index in [2.05, 4.69) is 0 Å². The molecule has 1 saturated carbocycles. The molecule has 3 rings (SSSR count). The Morgan fingerprint density at radius 2 is 1.91 bits per heavy atom. The van der Waals surface area contributed by atoms with Gasteiger partial charge < -0.3 is 9.80 Å². The average Bonchev–Trinajstić information content (AvgIpc) is 3.22. The lowest BCUT2D eigenvalue weighted by atomic mass is 10.1. The molecule has 0 radical (unpaired) electrons. The van der Waals surface area contributed by atoms with Crippen molar-refractivity contribution in [3.8, 4) is 0 Å². The van der Waals surface area contributed by atoms with Crippen LogP contribution in [0.25, 0.3) is 0 Å². The van der Waals surface area contributed by atoms with Crippen molar-refractivity contribution in [2.45, 2.75) is 51.6 Å². The molecule has 0 spiro atoms. The van der Waals surface area contributed by atoms with Gasteiger partial charge in [-0.05, 0) is 25.3 Å². The maximum Gasteiger partial charge on any atom is 0.228 e. The third-order valence-electron chi connectivity index (χ3n) is 5.18. The summed E-state index contributed by atoms with van der Waals surface area (Å²) in [5, 5.41) is 0. The van der Waals surface area contributed by atoms with Crippen LogP contribution >= 0.6 is 0 Å². The van der Waals surface area contributed by atoms with Crippen molar-refractivity contribution in [1.82, 2.24) is 9.80 Å². The van der Waals surface area contributed by atoms with E-state index in [1.165, 1.54) is 12.8 Å². The molecule has 23 heavy (non-hydrogen) atoms. The first-order valence-electron chi connectivity index (χ1n) is 8.81. The molecule has 2 amide bonds. The molecule has 4 heteroatoms. The SMILES string of the molecule is CCN(Cc1ccccc1)C(=O)[C@@H]1CC(=O)N(C2CCCC2)C1. The van der Waals surface area contributed by atoms with Crippen LogP contribution in [0.2, 0.25) is 0 Å². The molecule has 2 aliphatic rings. The summed E-state index contributed by atoms with van der Waals surface area (Å²) in [6, 6.07) is 10.4. The van der Waals surface area contributed by atoms with Crippen molar-refractivity contribution >= 4 is 11.8 Å². The number of rotatable bonds is 5. The Hall–Kier alpha value is -1.84. The molecule has 2 fully saturated rings. The van der Waals surface area contributed by atoms with Gasteiger partial charge in [-0.15, -0.1) is 0 Å². The van der Waals surface area contributed by atoms with Gasteiger partial charge in [0.2, 0.25) is 11.8 Å². The molecule has 1 heterocycles. The van der Waals surface area contributed by atoms with Gasteiger partial charge in [-0.1, -0.05) is 43.2 Å². The van der Waals surface area contributed by atoms with Crippen molar-refractivity contribution in [1.29, 1.82) is 0 Å². The maximum atomic E-state index is 12.8. The Kier molecular flexibility index (Phi) is 4.99. The first-order chi connectivity index (χ1) is 11.2. The zero-order chi connectivity index (χ0) is 16.2. The average molecular weight is 314 g/mol. The fourth-order valence-electron chi connectivity index (χ4n) is 3.87. The first kappa shape index (κ1) is 16.0. The van der Waals surface area contributed by atoms with Crippen LogP contribution in [0.3, 0.4) is 0 Å². The van der Waals surface area contributed by atoms with Gasteiger partial charge in [0.05, 0.1) is 5.92 Å². The quantitative estimate of drug-likeness (QED) is 0.838. The summed E-state index contributed by atoms with van der Waals surface area (Å²) in [6.07, 6.45) is 5.02. The number of carbonyl (C=O) groups is 2.